The Morgan fingerprint density at radius 3 is 1.82 bits per heavy atom. The van der Waals surface area contributed by atoms with E-state index in [2.05, 4.69) is 12.2 Å². The molecule has 64 valence electrons. The molecular weight excluding hydrogens is 176 g/mol. The summed E-state index contributed by atoms with van der Waals surface area (Å²) in [5.74, 6) is 1.86. The quantitative estimate of drug-likeness (QED) is 0.361. The van der Waals surface area contributed by atoms with E-state index in [4.69, 9.17) is 3.63 Å². The van der Waals surface area contributed by atoms with Crippen molar-refractivity contribution in [1.29, 1.82) is 0 Å². The van der Waals surface area contributed by atoms with Crippen molar-refractivity contribution in [3.8, 4) is 0 Å². The summed E-state index contributed by atoms with van der Waals surface area (Å²) in [4.78, 5) is 0. The molecule has 0 aromatic rings. The fraction of sp³-hybridized carbons (Fsp3) is 0.500. The second-order valence-corrected chi connectivity index (χ2v) is 3.46. The maximum absolute atomic E-state index is 5.17. The lowest BCUT2D eigenvalue weighted by molar-refractivity contribution is 0.763. The highest BCUT2D eigenvalue weighted by Crippen LogP contribution is 2.14. The maximum atomic E-state index is 5.17. The van der Waals surface area contributed by atoms with E-state index in [1.54, 1.807) is 0 Å². The van der Waals surface area contributed by atoms with Gasteiger partial charge in [0.2, 0.25) is 0 Å². The second-order valence-electron chi connectivity index (χ2n) is 1.78. The van der Waals surface area contributed by atoms with Crippen molar-refractivity contribution in [1.82, 2.24) is 0 Å². The highest BCUT2D eigenvalue weighted by Gasteiger charge is 1.84. The lowest BCUT2D eigenvalue weighted by Gasteiger charge is -1.94. The first-order chi connectivity index (χ1) is 5.41. The van der Waals surface area contributed by atoms with Gasteiger partial charge in [0.15, 0.2) is 0 Å². The van der Waals surface area contributed by atoms with Crippen molar-refractivity contribution in [2.24, 2.45) is 0 Å². The lowest BCUT2D eigenvalue weighted by atomic mass is 10.6. The fourth-order valence-corrected chi connectivity index (χ4v) is 1.62. The molecule has 0 atom stereocenters. The molecule has 0 amide bonds. The molecule has 0 aromatic carbocycles. The molecule has 3 heteroatoms. The number of hydrogen-bond donors (Lipinski definition) is 0. The van der Waals surface area contributed by atoms with Crippen LogP contribution in [0.2, 0.25) is 0 Å². The Labute approximate surface area is 77.7 Å². The van der Waals surface area contributed by atoms with Gasteiger partial charge in [0, 0.05) is 35.6 Å². The Balaban J connectivity index is 2.90. The first-order valence-electron chi connectivity index (χ1n) is 3.55. The smallest absolute Gasteiger partial charge is 0.0391 e. The van der Waals surface area contributed by atoms with Gasteiger partial charge in [-0.2, -0.15) is 0 Å². The van der Waals surface area contributed by atoms with Crippen LogP contribution >= 0.6 is 24.1 Å². The summed E-state index contributed by atoms with van der Waals surface area (Å²) in [5, 5.41) is 0. The summed E-state index contributed by atoms with van der Waals surface area (Å²) in [6, 6.07) is 0. The van der Waals surface area contributed by atoms with Crippen LogP contribution in [0.15, 0.2) is 24.3 Å². The zero-order valence-electron chi connectivity index (χ0n) is 6.95. The van der Waals surface area contributed by atoms with Crippen molar-refractivity contribution < 1.29 is 3.63 Å². The van der Waals surface area contributed by atoms with Gasteiger partial charge in [-0.25, -0.2) is 3.63 Å². The molecule has 0 fully saturated rings. The highest BCUT2D eigenvalue weighted by molar-refractivity contribution is 8.08. The highest BCUT2D eigenvalue weighted by atomic mass is 32.2. The summed E-state index contributed by atoms with van der Waals surface area (Å²) >= 11 is 2.94. The molecule has 0 aromatic heterocycles. The summed E-state index contributed by atoms with van der Waals surface area (Å²) in [6.07, 6.45) is 8.18. The molecule has 0 unspecified atom stereocenters. The van der Waals surface area contributed by atoms with Crippen LogP contribution in [0.1, 0.15) is 13.8 Å². The van der Waals surface area contributed by atoms with Crippen molar-refractivity contribution in [3.63, 3.8) is 0 Å². The monoisotopic (exact) mass is 190 g/mol. The number of allylic oxidation sites excluding steroid dienone is 2. The first kappa shape index (κ1) is 11.1. The van der Waals surface area contributed by atoms with Gasteiger partial charge in [0.05, 0.1) is 0 Å². The first-order valence-corrected chi connectivity index (χ1v) is 5.37. The molecule has 0 radical (unpaired) electrons. The van der Waals surface area contributed by atoms with E-state index in [0.29, 0.717) is 0 Å². The van der Waals surface area contributed by atoms with Crippen molar-refractivity contribution >= 4 is 24.1 Å². The average Bonchev–Trinajstić information content (AvgIpc) is 2.03. The van der Waals surface area contributed by atoms with Crippen LogP contribution in [0.4, 0.5) is 0 Å². The largest absolute Gasteiger partial charge is 0.247 e. The van der Waals surface area contributed by atoms with Crippen LogP contribution in [-0.4, -0.2) is 11.5 Å². The van der Waals surface area contributed by atoms with Crippen LogP contribution in [-0.2, 0) is 3.63 Å². The van der Waals surface area contributed by atoms with Gasteiger partial charge < -0.3 is 0 Å². The van der Waals surface area contributed by atoms with Crippen LogP contribution in [0.25, 0.3) is 0 Å². The average molecular weight is 190 g/mol. The minimum atomic E-state index is 0.930. The Kier molecular flexibility index (Phi) is 10.3. The van der Waals surface area contributed by atoms with Crippen LogP contribution in [0.3, 0.4) is 0 Å². The predicted octanol–water partition coefficient (Wildman–Crippen LogP) is 3.45. The molecule has 0 rings (SSSR count). The molecule has 0 spiro atoms. The standard InChI is InChI=1S/C8H14OS2/c1-3-5-7-10-9-11-8-6-4-2/h3-6H,7-8H2,1-2H3/b5-3+,6-4+. The van der Waals surface area contributed by atoms with E-state index in [9.17, 15) is 0 Å². The molecule has 0 saturated carbocycles. The summed E-state index contributed by atoms with van der Waals surface area (Å²) in [5.41, 5.74) is 0. The molecule has 0 saturated heterocycles. The van der Waals surface area contributed by atoms with E-state index < -0.39 is 0 Å². The van der Waals surface area contributed by atoms with Crippen molar-refractivity contribution in [3.05, 3.63) is 24.3 Å². The Hall–Kier alpha value is 0.140. The van der Waals surface area contributed by atoms with Crippen LogP contribution in [0, 0.1) is 0 Å². The summed E-state index contributed by atoms with van der Waals surface area (Å²) in [7, 11) is 0. The zero-order valence-corrected chi connectivity index (χ0v) is 8.58. The molecule has 0 aliphatic carbocycles. The van der Waals surface area contributed by atoms with E-state index in [-0.39, 0.29) is 0 Å². The summed E-state index contributed by atoms with van der Waals surface area (Å²) < 4.78 is 5.17. The van der Waals surface area contributed by atoms with E-state index in [1.165, 1.54) is 24.1 Å². The lowest BCUT2D eigenvalue weighted by Crippen LogP contribution is -1.72. The third-order valence-electron chi connectivity index (χ3n) is 0.896. The minimum Gasteiger partial charge on any atom is -0.247 e. The van der Waals surface area contributed by atoms with Gasteiger partial charge in [-0.15, -0.1) is 0 Å². The summed E-state index contributed by atoms with van der Waals surface area (Å²) in [6.45, 7) is 4.01. The Morgan fingerprint density at radius 2 is 1.45 bits per heavy atom. The number of rotatable bonds is 6. The normalized spacial score (nSPS) is 11.8. The fourth-order valence-electron chi connectivity index (χ4n) is 0.361. The van der Waals surface area contributed by atoms with Crippen LogP contribution in [0.5, 0.6) is 0 Å². The molecule has 0 heterocycles. The van der Waals surface area contributed by atoms with Gasteiger partial charge in [0.1, 0.15) is 0 Å². The van der Waals surface area contributed by atoms with Gasteiger partial charge in [-0.05, 0) is 13.8 Å². The molecule has 1 nitrogen and oxygen atoms in total. The van der Waals surface area contributed by atoms with Gasteiger partial charge in [-0.1, -0.05) is 24.3 Å². The molecule has 0 N–H and O–H groups in total. The topological polar surface area (TPSA) is 9.23 Å². The number of hydrogen-bond acceptors (Lipinski definition) is 3. The third-order valence-corrected chi connectivity index (χ3v) is 2.32. The van der Waals surface area contributed by atoms with Gasteiger partial charge in [0.25, 0.3) is 0 Å². The van der Waals surface area contributed by atoms with E-state index in [1.807, 2.05) is 26.0 Å². The minimum absolute atomic E-state index is 0.930. The maximum Gasteiger partial charge on any atom is 0.0391 e. The predicted molar refractivity (Wildman–Crippen MR) is 55.6 cm³/mol. The second kappa shape index (κ2) is 10.1. The molecule has 0 bridgehead atoms. The van der Waals surface area contributed by atoms with Crippen molar-refractivity contribution in [2.45, 2.75) is 13.8 Å². The van der Waals surface area contributed by atoms with E-state index >= 15 is 0 Å². The zero-order chi connectivity index (χ0) is 8.36. The molecule has 0 aliphatic heterocycles. The Morgan fingerprint density at radius 1 is 1.00 bits per heavy atom. The molecular formula is C8H14OS2. The Bertz CT molecular complexity index is 107. The SMILES string of the molecule is C/C=C/CSOSC/C=C/C. The van der Waals surface area contributed by atoms with Crippen LogP contribution < -0.4 is 0 Å². The molecule has 0 aliphatic rings. The van der Waals surface area contributed by atoms with Gasteiger partial charge >= 0.3 is 0 Å². The van der Waals surface area contributed by atoms with E-state index in [0.717, 1.165) is 11.5 Å². The van der Waals surface area contributed by atoms with Crippen molar-refractivity contribution in [2.75, 3.05) is 11.5 Å². The third kappa shape index (κ3) is 10.1. The molecule has 11 heavy (non-hydrogen) atoms. The van der Waals surface area contributed by atoms with Gasteiger partial charge in [-0.3, -0.25) is 0 Å².